The number of benzene rings is 2. The second kappa shape index (κ2) is 9.13. The van der Waals surface area contributed by atoms with E-state index in [1.165, 1.54) is 17.9 Å². The number of rotatable bonds is 7. The van der Waals surface area contributed by atoms with E-state index >= 15 is 0 Å². The molecule has 0 aliphatic carbocycles. The van der Waals surface area contributed by atoms with Crippen molar-refractivity contribution in [3.05, 3.63) is 77.5 Å². The average molecular weight is 455 g/mol. The highest BCUT2D eigenvalue weighted by Crippen LogP contribution is 2.34. The summed E-state index contributed by atoms with van der Waals surface area (Å²) in [4.78, 5) is 14.6. The van der Waals surface area contributed by atoms with Crippen molar-refractivity contribution in [1.82, 2.24) is 14.7 Å². The summed E-state index contributed by atoms with van der Waals surface area (Å²) in [5.74, 6) is -0.0565. The van der Waals surface area contributed by atoms with Gasteiger partial charge in [0.1, 0.15) is 6.61 Å². The Morgan fingerprint density at radius 1 is 1.19 bits per heavy atom. The molecule has 0 radical (unpaired) electrons. The number of amides is 1. The van der Waals surface area contributed by atoms with Crippen molar-refractivity contribution >= 4 is 21.6 Å². The lowest BCUT2D eigenvalue weighted by atomic mass is 9.88. The first kappa shape index (κ1) is 22.0. The number of fused-ring (bicyclic) bond motifs is 1. The number of methoxy groups -OCH3 is 1. The summed E-state index contributed by atoms with van der Waals surface area (Å²) in [6.45, 7) is 0.575. The van der Waals surface area contributed by atoms with Crippen LogP contribution in [-0.4, -0.2) is 49.3 Å². The molecule has 1 amide bonds. The van der Waals surface area contributed by atoms with Crippen molar-refractivity contribution in [2.24, 2.45) is 7.05 Å². The monoisotopic (exact) mass is 454 g/mol. The molecule has 8 nitrogen and oxygen atoms in total. The first-order valence-corrected chi connectivity index (χ1v) is 11.8. The lowest BCUT2D eigenvalue weighted by molar-refractivity contribution is -0.138. The van der Waals surface area contributed by atoms with Crippen LogP contribution in [0, 0.1) is 0 Å². The van der Waals surface area contributed by atoms with E-state index in [0.29, 0.717) is 25.1 Å². The zero-order chi connectivity index (χ0) is 22.7. The number of hydrogen-bond acceptors (Lipinski definition) is 5. The maximum absolute atomic E-state index is 12.7. The third kappa shape index (κ3) is 4.68. The minimum atomic E-state index is -3.78. The predicted octanol–water partition coefficient (Wildman–Crippen LogP) is 2.54. The van der Waals surface area contributed by atoms with Crippen LogP contribution in [0.5, 0.6) is 0 Å². The first-order chi connectivity index (χ1) is 15.4. The molecule has 1 aliphatic heterocycles. The molecule has 4 rings (SSSR count). The van der Waals surface area contributed by atoms with Crippen LogP contribution in [0.3, 0.4) is 0 Å². The van der Waals surface area contributed by atoms with Gasteiger partial charge >= 0.3 is 0 Å². The van der Waals surface area contributed by atoms with Gasteiger partial charge in [0, 0.05) is 32.6 Å². The Morgan fingerprint density at radius 2 is 1.97 bits per heavy atom. The van der Waals surface area contributed by atoms with Gasteiger partial charge in [0.15, 0.2) is 5.03 Å². The summed E-state index contributed by atoms with van der Waals surface area (Å²) in [6.07, 6.45) is 2.89. The Hall–Kier alpha value is -3.17. The predicted molar refractivity (Wildman–Crippen MR) is 121 cm³/mol. The van der Waals surface area contributed by atoms with Gasteiger partial charge in [0.25, 0.3) is 10.0 Å². The molecule has 32 heavy (non-hydrogen) atoms. The fraction of sp³-hybridized carbons (Fsp3) is 0.304. The molecule has 1 atom stereocenters. The van der Waals surface area contributed by atoms with Crippen molar-refractivity contribution in [3.8, 4) is 0 Å². The number of sulfonamides is 1. The van der Waals surface area contributed by atoms with Crippen LogP contribution in [0.4, 0.5) is 5.69 Å². The van der Waals surface area contributed by atoms with E-state index in [4.69, 9.17) is 4.74 Å². The highest BCUT2D eigenvalue weighted by atomic mass is 32.2. The molecule has 1 N–H and O–H groups in total. The van der Waals surface area contributed by atoms with E-state index in [1.807, 2.05) is 47.4 Å². The normalized spacial score (nSPS) is 15.9. The Kier molecular flexibility index (Phi) is 6.29. The van der Waals surface area contributed by atoms with Gasteiger partial charge in [-0.25, -0.2) is 0 Å². The fourth-order valence-electron chi connectivity index (χ4n) is 4.08. The first-order valence-electron chi connectivity index (χ1n) is 10.3. The molecule has 0 saturated heterocycles. The third-order valence-corrected chi connectivity index (χ3v) is 6.85. The molecular weight excluding hydrogens is 428 g/mol. The Morgan fingerprint density at radius 3 is 2.66 bits per heavy atom. The van der Waals surface area contributed by atoms with Crippen molar-refractivity contribution in [2.75, 3.05) is 25.0 Å². The van der Waals surface area contributed by atoms with Crippen LogP contribution >= 0.6 is 0 Å². The van der Waals surface area contributed by atoms with Gasteiger partial charge in [-0.1, -0.05) is 36.4 Å². The summed E-state index contributed by atoms with van der Waals surface area (Å²) in [5.41, 5.74) is 3.64. The highest BCUT2D eigenvalue weighted by Gasteiger charge is 2.31. The number of aryl methyl sites for hydroxylation is 1. The number of anilines is 1. The second-order valence-electron chi connectivity index (χ2n) is 7.82. The topological polar surface area (TPSA) is 93.5 Å². The van der Waals surface area contributed by atoms with Crippen molar-refractivity contribution in [3.63, 3.8) is 0 Å². The second-order valence-corrected chi connectivity index (χ2v) is 9.45. The molecule has 0 fully saturated rings. The van der Waals surface area contributed by atoms with E-state index in [-0.39, 0.29) is 23.6 Å². The lowest BCUT2D eigenvalue weighted by Crippen LogP contribution is -2.42. The molecule has 2 aromatic carbocycles. The molecule has 1 aliphatic rings. The Labute approximate surface area is 187 Å². The van der Waals surface area contributed by atoms with Gasteiger partial charge in [0.2, 0.25) is 5.91 Å². The average Bonchev–Trinajstić information content (AvgIpc) is 3.22. The minimum absolute atomic E-state index is 0.0303. The maximum Gasteiger partial charge on any atom is 0.281 e. The molecule has 0 saturated carbocycles. The molecule has 2 heterocycles. The quantitative estimate of drug-likeness (QED) is 0.592. The van der Waals surface area contributed by atoms with Crippen molar-refractivity contribution < 1.29 is 17.9 Å². The molecule has 0 bridgehead atoms. The Balaban J connectivity index is 1.64. The SMILES string of the molecule is COCC(=O)N1CCc2cc(NS(=O)(=O)c3ccn(C)n3)ccc2C1Cc1ccccc1. The van der Waals surface area contributed by atoms with Crippen LogP contribution in [0.1, 0.15) is 22.7 Å². The number of ether oxygens (including phenoxy) is 1. The van der Waals surface area contributed by atoms with Gasteiger partial charge in [-0.3, -0.25) is 14.2 Å². The van der Waals surface area contributed by atoms with Crippen LogP contribution in [0.15, 0.2) is 65.8 Å². The summed E-state index contributed by atoms with van der Waals surface area (Å²) >= 11 is 0. The number of carbonyl (C=O) groups excluding carboxylic acids is 1. The van der Waals surface area contributed by atoms with E-state index in [9.17, 15) is 13.2 Å². The van der Waals surface area contributed by atoms with Crippen LogP contribution in [0.2, 0.25) is 0 Å². The van der Waals surface area contributed by atoms with Gasteiger partial charge in [-0.15, -0.1) is 0 Å². The summed E-state index contributed by atoms with van der Waals surface area (Å²) in [5, 5.41) is 3.95. The summed E-state index contributed by atoms with van der Waals surface area (Å²) in [7, 11) is -0.592. The largest absolute Gasteiger partial charge is 0.375 e. The fourth-order valence-corrected chi connectivity index (χ4v) is 5.10. The molecule has 9 heteroatoms. The molecule has 0 spiro atoms. The highest BCUT2D eigenvalue weighted by molar-refractivity contribution is 7.92. The minimum Gasteiger partial charge on any atom is -0.375 e. The van der Waals surface area contributed by atoms with Crippen LogP contribution in [0.25, 0.3) is 0 Å². The van der Waals surface area contributed by atoms with Crippen LogP contribution < -0.4 is 4.72 Å². The number of hydrogen-bond donors (Lipinski definition) is 1. The smallest absolute Gasteiger partial charge is 0.281 e. The molecule has 3 aromatic rings. The molecule has 1 aromatic heterocycles. The molecule has 1 unspecified atom stereocenters. The van der Waals surface area contributed by atoms with E-state index < -0.39 is 10.0 Å². The van der Waals surface area contributed by atoms with E-state index in [0.717, 1.165) is 16.7 Å². The number of nitrogens with one attached hydrogen (secondary N) is 1. The number of aromatic nitrogens is 2. The molecule has 168 valence electrons. The van der Waals surface area contributed by atoms with Crippen molar-refractivity contribution in [1.29, 1.82) is 0 Å². The third-order valence-electron chi connectivity index (χ3n) is 5.58. The van der Waals surface area contributed by atoms with Gasteiger partial charge in [-0.05, 0) is 47.7 Å². The summed E-state index contributed by atoms with van der Waals surface area (Å²) < 4.78 is 34.4. The number of nitrogens with zero attached hydrogens (tertiary/aromatic N) is 3. The standard InChI is InChI=1S/C23H26N4O4S/c1-26-12-11-22(24-26)32(29,30)25-19-8-9-20-18(15-19)10-13-27(23(28)16-31-2)21(20)14-17-6-4-3-5-7-17/h3-9,11-12,15,21,25H,10,13-14,16H2,1-2H3. The van der Waals surface area contributed by atoms with Gasteiger partial charge in [-0.2, -0.15) is 13.5 Å². The van der Waals surface area contributed by atoms with E-state index in [1.54, 1.807) is 19.3 Å². The zero-order valence-corrected chi connectivity index (χ0v) is 18.9. The maximum atomic E-state index is 12.7. The Bertz CT molecular complexity index is 1210. The van der Waals surface area contributed by atoms with Gasteiger partial charge in [0.05, 0.1) is 6.04 Å². The molecular formula is C23H26N4O4S. The zero-order valence-electron chi connectivity index (χ0n) is 18.1. The summed E-state index contributed by atoms with van der Waals surface area (Å²) in [6, 6.07) is 16.8. The van der Waals surface area contributed by atoms with Gasteiger partial charge < -0.3 is 9.64 Å². The lowest BCUT2D eigenvalue weighted by Gasteiger charge is -2.38. The van der Waals surface area contributed by atoms with E-state index in [2.05, 4.69) is 9.82 Å². The number of carbonyl (C=O) groups is 1. The van der Waals surface area contributed by atoms with Crippen LogP contribution in [-0.2, 0) is 39.4 Å². The van der Waals surface area contributed by atoms with Crippen molar-refractivity contribution in [2.45, 2.75) is 23.9 Å².